The SMILES string of the molecule is CN=C(NCCCOC1CCOC1)NCC(=O)NCCc1ccccc1. The minimum Gasteiger partial charge on any atom is -0.379 e. The molecule has 2 rings (SSSR count). The maximum atomic E-state index is 11.9. The molecule has 7 heteroatoms. The molecule has 1 aliphatic rings. The first-order valence-corrected chi connectivity index (χ1v) is 9.22. The second kappa shape index (κ2) is 12.3. The number of carbonyl (C=O) groups excluding carboxylic acids is 1. The number of hydrogen-bond acceptors (Lipinski definition) is 4. The van der Waals surface area contributed by atoms with Gasteiger partial charge in [-0.3, -0.25) is 9.79 Å². The van der Waals surface area contributed by atoms with E-state index in [1.807, 2.05) is 18.2 Å². The lowest BCUT2D eigenvalue weighted by molar-refractivity contribution is -0.119. The molecule has 3 N–H and O–H groups in total. The molecule has 0 bridgehead atoms. The summed E-state index contributed by atoms with van der Waals surface area (Å²) in [5, 5.41) is 9.10. The molecule has 0 saturated carbocycles. The predicted octanol–water partition coefficient (Wildman–Crippen LogP) is 0.706. The van der Waals surface area contributed by atoms with Gasteiger partial charge in [-0.25, -0.2) is 0 Å². The van der Waals surface area contributed by atoms with E-state index < -0.39 is 0 Å². The Bertz CT molecular complexity index is 545. The van der Waals surface area contributed by atoms with Gasteiger partial charge < -0.3 is 25.4 Å². The van der Waals surface area contributed by atoms with Crippen molar-refractivity contribution in [1.82, 2.24) is 16.0 Å². The molecule has 1 amide bonds. The van der Waals surface area contributed by atoms with Crippen LogP contribution in [0.25, 0.3) is 0 Å². The summed E-state index contributed by atoms with van der Waals surface area (Å²) in [7, 11) is 1.69. The van der Waals surface area contributed by atoms with E-state index in [1.54, 1.807) is 7.05 Å². The monoisotopic (exact) mass is 362 g/mol. The van der Waals surface area contributed by atoms with Crippen molar-refractivity contribution in [3.8, 4) is 0 Å². The number of nitrogens with one attached hydrogen (secondary N) is 3. The van der Waals surface area contributed by atoms with Crippen molar-refractivity contribution in [2.75, 3.05) is 46.5 Å². The zero-order valence-corrected chi connectivity index (χ0v) is 15.5. The third-order valence-corrected chi connectivity index (χ3v) is 4.07. The maximum Gasteiger partial charge on any atom is 0.239 e. The van der Waals surface area contributed by atoms with Crippen molar-refractivity contribution in [2.24, 2.45) is 4.99 Å². The van der Waals surface area contributed by atoms with Gasteiger partial charge in [-0.15, -0.1) is 0 Å². The molecule has 1 aliphatic heterocycles. The zero-order chi connectivity index (χ0) is 18.5. The van der Waals surface area contributed by atoms with E-state index in [0.29, 0.717) is 25.7 Å². The van der Waals surface area contributed by atoms with E-state index in [1.165, 1.54) is 5.56 Å². The molecule has 1 aromatic rings. The van der Waals surface area contributed by atoms with Gasteiger partial charge in [0.25, 0.3) is 0 Å². The maximum absolute atomic E-state index is 11.9. The van der Waals surface area contributed by atoms with Gasteiger partial charge in [0, 0.05) is 33.4 Å². The molecule has 1 fully saturated rings. The van der Waals surface area contributed by atoms with Crippen LogP contribution in [0.4, 0.5) is 0 Å². The average molecular weight is 362 g/mol. The van der Waals surface area contributed by atoms with Gasteiger partial charge in [0.1, 0.15) is 0 Å². The highest BCUT2D eigenvalue weighted by atomic mass is 16.5. The van der Waals surface area contributed by atoms with Crippen LogP contribution in [-0.4, -0.2) is 64.5 Å². The molecule has 0 aliphatic carbocycles. The summed E-state index contributed by atoms with van der Waals surface area (Å²) in [6.45, 7) is 3.76. The van der Waals surface area contributed by atoms with Crippen LogP contribution in [0.15, 0.2) is 35.3 Å². The van der Waals surface area contributed by atoms with E-state index in [0.717, 1.165) is 32.4 Å². The highest BCUT2D eigenvalue weighted by Crippen LogP contribution is 2.07. The smallest absolute Gasteiger partial charge is 0.239 e. The fourth-order valence-corrected chi connectivity index (χ4v) is 2.61. The van der Waals surface area contributed by atoms with Gasteiger partial charge >= 0.3 is 0 Å². The normalized spacial score (nSPS) is 17.1. The molecule has 1 saturated heterocycles. The number of hydrogen-bond donors (Lipinski definition) is 3. The Morgan fingerprint density at radius 1 is 1.23 bits per heavy atom. The topological polar surface area (TPSA) is 84.0 Å². The van der Waals surface area contributed by atoms with Crippen LogP contribution in [0, 0.1) is 0 Å². The molecule has 1 atom stereocenters. The van der Waals surface area contributed by atoms with Crippen molar-refractivity contribution < 1.29 is 14.3 Å². The Morgan fingerprint density at radius 2 is 2.08 bits per heavy atom. The summed E-state index contributed by atoms with van der Waals surface area (Å²) in [6.07, 6.45) is 2.93. The second-order valence-corrected chi connectivity index (χ2v) is 6.15. The quantitative estimate of drug-likeness (QED) is 0.324. The highest BCUT2D eigenvalue weighted by Gasteiger charge is 2.15. The summed E-state index contributed by atoms with van der Waals surface area (Å²) in [6, 6.07) is 10.1. The summed E-state index contributed by atoms with van der Waals surface area (Å²) in [5.74, 6) is 0.570. The molecule has 7 nitrogen and oxygen atoms in total. The number of carbonyl (C=O) groups is 1. The number of nitrogens with zero attached hydrogens (tertiary/aromatic N) is 1. The van der Waals surface area contributed by atoms with Gasteiger partial charge in [0.05, 0.1) is 19.3 Å². The van der Waals surface area contributed by atoms with Crippen LogP contribution in [0.5, 0.6) is 0 Å². The molecular weight excluding hydrogens is 332 g/mol. The minimum absolute atomic E-state index is 0.0477. The van der Waals surface area contributed by atoms with Crippen LogP contribution in [0.2, 0.25) is 0 Å². The third-order valence-electron chi connectivity index (χ3n) is 4.07. The molecule has 1 unspecified atom stereocenters. The van der Waals surface area contributed by atoms with Gasteiger partial charge in [0.15, 0.2) is 5.96 Å². The van der Waals surface area contributed by atoms with Gasteiger partial charge in [-0.2, -0.15) is 0 Å². The molecule has 1 aromatic carbocycles. The fraction of sp³-hybridized carbons (Fsp3) is 0.579. The van der Waals surface area contributed by atoms with E-state index in [9.17, 15) is 4.79 Å². The standard InChI is InChI=1S/C19H30N4O3/c1-20-19(22-10-5-12-26-17-9-13-25-15-17)23-14-18(24)21-11-8-16-6-3-2-4-7-16/h2-4,6-7,17H,5,8-15H2,1H3,(H,21,24)(H2,20,22,23). The number of guanidine groups is 1. The first-order valence-electron chi connectivity index (χ1n) is 9.22. The van der Waals surface area contributed by atoms with E-state index in [4.69, 9.17) is 9.47 Å². The van der Waals surface area contributed by atoms with Crippen LogP contribution in [0.3, 0.4) is 0 Å². The molecule has 0 aromatic heterocycles. The van der Waals surface area contributed by atoms with Crippen LogP contribution in [-0.2, 0) is 20.7 Å². The third kappa shape index (κ3) is 8.31. The lowest BCUT2D eigenvalue weighted by Crippen LogP contribution is -2.43. The van der Waals surface area contributed by atoms with Gasteiger partial charge in [-0.05, 0) is 24.8 Å². The molecule has 144 valence electrons. The summed E-state index contributed by atoms with van der Waals surface area (Å²) >= 11 is 0. The highest BCUT2D eigenvalue weighted by molar-refractivity contribution is 5.86. The van der Waals surface area contributed by atoms with Crippen LogP contribution >= 0.6 is 0 Å². The van der Waals surface area contributed by atoms with Crippen molar-refractivity contribution >= 4 is 11.9 Å². The fourth-order valence-electron chi connectivity index (χ4n) is 2.61. The largest absolute Gasteiger partial charge is 0.379 e. The lowest BCUT2D eigenvalue weighted by Gasteiger charge is -2.13. The van der Waals surface area contributed by atoms with Crippen molar-refractivity contribution in [3.63, 3.8) is 0 Å². The van der Waals surface area contributed by atoms with Crippen molar-refractivity contribution in [1.29, 1.82) is 0 Å². The Labute approximate surface area is 155 Å². The summed E-state index contributed by atoms with van der Waals surface area (Å²) in [4.78, 5) is 16.0. The van der Waals surface area contributed by atoms with Crippen molar-refractivity contribution in [2.45, 2.75) is 25.4 Å². The van der Waals surface area contributed by atoms with E-state index in [2.05, 4.69) is 33.1 Å². The first kappa shape index (κ1) is 20.2. The van der Waals surface area contributed by atoms with E-state index >= 15 is 0 Å². The Hall–Kier alpha value is -2.12. The number of ether oxygens (including phenoxy) is 2. The Kier molecular flexibility index (Phi) is 9.53. The lowest BCUT2D eigenvalue weighted by atomic mass is 10.1. The number of aliphatic imine (C=N–C) groups is 1. The molecule has 1 heterocycles. The van der Waals surface area contributed by atoms with Crippen LogP contribution < -0.4 is 16.0 Å². The minimum atomic E-state index is -0.0477. The second-order valence-electron chi connectivity index (χ2n) is 6.15. The van der Waals surface area contributed by atoms with E-state index in [-0.39, 0.29) is 18.6 Å². The van der Waals surface area contributed by atoms with Crippen molar-refractivity contribution in [3.05, 3.63) is 35.9 Å². The molecule has 0 spiro atoms. The summed E-state index contributed by atoms with van der Waals surface area (Å²) < 4.78 is 11.0. The van der Waals surface area contributed by atoms with Crippen LogP contribution in [0.1, 0.15) is 18.4 Å². The molecule has 0 radical (unpaired) electrons. The van der Waals surface area contributed by atoms with Gasteiger partial charge in [-0.1, -0.05) is 30.3 Å². The Balaban J connectivity index is 1.49. The number of amides is 1. The average Bonchev–Trinajstić information content (AvgIpc) is 3.18. The number of rotatable bonds is 10. The summed E-state index contributed by atoms with van der Waals surface area (Å²) in [5.41, 5.74) is 1.21. The molecule has 26 heavy (non-hydrogen) atoms. The predicted molar refractivity (Wildman–Crippen MR) is 102 cm³/mol. The number of benzene rings is 1. The molecular formula is C19H30N4O3. The first-order chi connectivity index (χ1) is 12.8. The van der Waals surface area contributed by atoms with Gasteiger partial charge in [0.2, 0.25) is 5.91 Å². The zero-order valence-electron chi connectivity index (χ0n) is 15.5. The Morgan fingerprint density at radius 3 is 2.81 bits per heavy atom.